The van der Waals surface area contributed by atoms with Crippen molar-refractivity contribution in [1.29, 1.82) is 0 Å². The molecule has 0 aliphatic rings. The van der Waals surface area contributed by atoms with Crippen LogP contribution in [0.25, 0.3) is 0 Å². The Morgan fingerprint density at radius 1 is 0.900 bits per heavy atom. The van der Waals surface area contributed by atoms with Gasteiger partial charge in [0.05, 0.1) is 5.75 Å². The summed E-state index contributed by atoms with van der Waals surface area (Å²) >= 11 is 0. The zero-order valence-electron chi connectivity index (χ0n) is 11.1. The highest BCUT2D eigenvalue weighted by atomic mass is 32.2. The molecule has 5 heteroatoms. The lowest BCUT2D eigenvalue weighted by atomic mass is 10.1. The molecule has 2 aromatic carbocycles. The average molecular weight is 290 g/mol. The van der Waals surface area contributed by atoms with Gasteiger partial charge in [-0.3, -0.25) is 0 Å². The molecule has 0 radical (unpaired) electrons. The van der Waals surface area contributed by atoms with Crippen LogP contribution in [0.2, 0.25) is 0 Å². The molecule has 0 aromatic heterocycles. The van der Waals surface area contributed by atoms with Gasteiger partial charge < -0.3 is 5.73 Å². The lowest BCUT2D eigenvalue weighted by molar-refractivity contribution is 0.580. The predicted octanol–water partition coefficient (Wildman–Crippen LogP) is 1.76. The highest BCUT2D eigenvalue weighted by Gasteiger charge is 2.11. The van der Waals surface area contributed by atoms with Crippen molar-refractivity contribution in [2.45, 2.75) is 18.8 Å². The largest absolute Gasteiger partial charge is 0.326 e. The third-order valence-electron chi connectivity index (χ3n) is 2.92. The van der Waals surface area contributed by atoms with Gasteiger partial charge in [-0.2, -0.15) is 0 Å². The van der Waals surface area contributed by atoms with Crippen LogP contribution in [-0.2, 0) is 28.9 Å². The summed E-state index contributed by atoms with van der Waals surface area (Å²) in [6, 6.07) is 16.8. The van der Waals surface area contributed by atoms with Crippen molar-refractivity contribution < 1.29 is 8.42 Å². The maximum atomic E-state index is 12.0. The van der Waals surface area contributed by atoms with E-state index in [1.54, 1.807) is 6.07 Å². The van der Waals surface area contributed by atoms with Crippen LogP contribution in [0.15, 0.2) is 54.6 Å². The molecule has 2 aromatic rings. The smallest absolute Gasteiger partial charge is 0.216 e. The SMILES string of the molecule is NCc1cccc(CS(=O)(=O)NCc2ccccc2)c1. The van der Waals surface area contributed by atoms with Gasteiger partial charge in [-0.1, -0.05) is 54.6 Å². The Morgan fingerprint density at radius 2 is 1.55 bits per heavy atom. The number of sulfonamides is 1. The molecule has 0 saturated carbocycles. The van der Waals surface area contributed by atoms with Crippen molar-refractivity contribution in [2.24, 2.45) is 5.73 Å². The van der Waals surface area contributed by atoms with Crippen molar-refractivity contribution in [3.05, 3.63) is 71.3 Å². The Kier molecular flexibility index (Phi) is 4.89. The van der Waals surface area contributed by atoms with Gasteiger partial charge in [0.25, 0.3) is 0 Å². The summed E-state index contributed by atoms with van der Waals surface area (Å²) < 4.78 is 26.7. The third kappa shape index (κ3) is 4.45. The summed E-state index contributed by atoms with van der Waals surface area (Å²) in [5.41, 5.74) is 8.16. The summed E-state index contributed by atoms with van der Waals surface area (Å²) in [5, 5.41) is 0. The van der Waals surface area contributed by atoms with Crippen molar-refractivity contribution in [1.82, 2.24) is 4.72 Å². The molecule has 0 fully saturated rings. The first kappa shape index (κ1) is 14.7. The molecule has 4 nitrogen and oxygen atoms in total. The van der Waals surface area contributed by atoms with Crippen molar-refractivity contribution in [3.8, 4) is 0 Å². The lowest BCUT2D eigenvalue weighted by Gasteiger charge is -2.08. The van der Waals surface area contributed by atoms with E-state index in [9.17, 15) is 8.42 Å². The van der Waals surface area contributed by atoms with E-state index in [4.69, 9.17) is 5.73 Å². The van der Waals surface area contributed by atoms with E-state index in [-0.39, 0.29) is 5.75 Å². The maximum Gasteiger partial charge on any atom is 0.216 e. The Bertz CT molecular complexity index is 655. The fraction of sp³-hybridized carbons (Fsp3) is 0.200. The molecule has 0 heterocycles. The summed E-state index contributed by atoms with van der Waals surface area (Å²) in [4.78, 5) is 0. The number of benzene rings is 2. The number of rotatable bonds is 6. The molecule has 0 atom stereocenters. The van der Waals surface area contributed by atoms with Gasteiger partial charge in [-0.15, -0.1) is 0 Å². The zero-order chi connectivity index (χ0) is 14.4. The summed E-state index contributed by atoms with van der Waals surface area (Å²) in [7, 11) is -3.35. The Morgan fingerprint density at radius 3 is 2.25 bits per heavy atom. The highest BCUT2D eigenvalue weighted by molar-refractivity contribution is 7.88. The normalized spacial score (nSPS) is 11.4. The zero-order valence-corrected chi connectivity index (χ0v) is 11.9. The molecule has 0 saturated heterocycles. The second-order valence-corrected chi connectivity index (χ2v) is 6.40. The van der Waals surface area contributed by atoms with Gasteiger partial charge in [-0.25, -0.2) is 13.1 Å². The topological polar surface area (TPSA) is 72.2 Å². The van der Waals surface area contributed by atoms with E-state index in [0.29, 0.717) is 13.1 Å². The van der Waals surface area contributed by atoms with Crippen LogP contribution in [0.5, 0.6) is 0 Å². The quantitative estimate of drug-likeness (QED) is 0.851. The number of hydrogen-bond acceptors (Lipinski definition) is 3. The molecule has 0 unspecified atom stereocenters. The van der Waals surface area contributed by atoms with Gasteiger partial charge in [0.2, 0.25) is 10.0 Å². The second-order valence-electron chi connectivity index (χ2n) is 4.59. The minimum atomic E-state index is -3.35. The van der Waals surface area contributed by atoms with E-state index in [1.807, 2.05) is 48.5 Å². The highest BCUT2D eigenvalue weighted by Crippen LogP contribution is 2.09. The van der Waals surface area contributed by atoms with Gasteiger partial charge in [-0.05, 0) is 16.7 Å². The number of nitrogens with two attached hydrogens (primary N) is 1. The first-order valence-electron chi connectivity index (χ1n) is 6.38. The van der Waals surface area contributed by atoms with Gasteiger partial charge >= 0.3 is 0 Å². The lowest BCUT2D eigenvalue weighted by Crippen LogP contribution is -2.24. The monoisotopic (exact) mass is 290 g/mol. The number of hydrogen-bond donors (Lipinski definition) is 2. The summed E-state index contributed by atoms with van der Waals surface area (Å²) in [5.74, 6) is -0.0341. The molecule has 3 N–H and O–H groups in total. The molecular weight excluding hydrogens is 272 g/mol. The molecule has 0 spiro atoms. The molecule has 106 valence electrons. The van der Waals surface area contributed by atoms with Gasteiger partial charge in [0.15, 0.2) is 0 Å². The summed E-state index contributed by atoms with van der Waals surface area (Å²) in [6.45, 7) is 0.713. The van der Waals surface area contributed by atoms with Crippen LogP contribution in [0, 0.1) is 0 Å². The fourth-order valence-corrected chi connectivity index (χ4v) is 3.01. The first-order valence-corrected chi connectivity index (χ1v) is 8.03. The second kappa shape index (κ2) is 6.65. The standard InChI is InChI=1S/C15H18N2O2S/c16-10-14-7-4-8-15(9-14)12-20(18,19)17-11-13-5-2-1-3-6-13/h1-9,17H,10-12,16H2. The molecule has 2 rings (SSSR count). The molecular formula is C15H18N2O2S. The van der Waals surface area contributed by atoms with Crippen LogP contribution < -0.4 is 10.5 Å². The molecule has 0 aliphatic carbocycles. The Hall–Kier alpha value is -1.69. The first-order chi connectivity index (χ1) is 9.59. The Balaban J connectivity index is 2.00. The van der Waals surface area contributed by atoms with Crippen molar-refractivity contribution in [3.63, 3.8) is 0 Å². The van der Waals surface area contributed by atoms with Crippen LogP contribution in [0.4, 0.5) is 0 Å². The number of nitrogens with one attached hydrogen (secondary N) is 1. The van der Waals surface area contributed by atoms with Crippen LogP contribution in [-0.4, -0.2) is 8.42 Å². The summed E-state index contributed by atoms with van der Waals surface area (Å²) in [6.07, 6.45) is 0. The van der Waals surface area contributed by atoms with Crippen LogP contribution in [0.3, 0.4) is 0 Å². The maximum absolute atomic E-state index is 12.0. The van der Waals surface area contributed by atoms with E-state index in [0.717, 1.165) is 16.7 Å². The van der Waals surface area contributed by atoms with Crippen LogP contribution >= 0.6 is 0 Å². The van der Waals surface area contributed by atoms with E-state index >= 15 is 0 Å². The van der Waals surface area contributed by atoms with Crippen LogP contribution in [0.1, 0.15) is 16.7 Å². The predicted molar refractivity (Wildman–Crippen MR) is 80.2 cm³/mol. The van der Waals surface area contributed by atoms with Gasteiger partial charge in [0, 0.05) is 13.1 Å². The minimum absolute atomic E-state index is 0.0341. The molecule has 0 bridgehead atoms. The average Bonchev–Trinajstić information content (AvgIpc) is 2.46. The van der Waals surface area contributed by atoms with Crippen molar-refractivity contribution in [2.75, 3.05) is 0 Å². The van der Waals surface area contributed by atoms with Crippen molar-refractivity contribution >= 4 is 10.0 Å². The van der Waals surface area contributed by atoms with Gasteiger partial charge in [0.1, 0.15) is 0 Å². The van der Waals surface area contributed by atoms with E-state index in [1.165, 1.54) is 0 Å². The fourth-order valence-electron chi connectivity index (χ4n) is 1.91. The third-order valence-corrected chi connectivity index (χ3v) is 4.22. The Labute approximate surface area is 119 Å². The molecule has 20 heavy (non-hydrogen) atoms. The minimum Gasteiger partial charge on any atom is -0.326 e. The van der Waals surface area contributed by atoms with E-state index < -0.39 is 10.0 Å². The van der Waals surface area contributed by atoms with E-state index in [2.05, 4.69) is 4.72 Å². The molecule has 0 amide bonds. The molecule has 0 aliphatic heterocycles.